The van der Waals surface area contributed by atoms with Gasteiger partial charge in [0.1, 0.15) is 6.02 Å². The highest BCUT2D eigenvalue weighted by atomic mass is 35.5. The van der Waals surface area contributed by atoms with Crippen LogP contribution in [0.25, 0.3) is 0 Å². The smallest absolute Gasteiger partial charge is 0.251 e. The molecule has 0 fully saturated rings. The lowest BCUT2D eigenvalue weighted by molar-refractivity contribution is -0.119. The molecule has 0 bridgehead atoms. The number of amides is 1. The minimum absolute atomic E-state index is 0.0903. The lowest BCUT2D eigenvalue weighted by atomic mass is 10.00. The van der Waals surface area contributed by atoms with E-state index in [9.17, 15) is 4.79 Å². The fourth-order valence-electron chi connectivity index (χ4n) is 2.80. The highest BCUT2D eigenvalue weighted by molar-refractivity contribution is 6.32. The number of benzodiazepines with no additional fused rings is 1. The van der Waals surface area contributed by atoms with Crippen LogP contribution in [0.5, 0.6) is 0 Å². The Morgan fingerprint density at radius 3 is 2.57 bits per heavy atom. The monoisotopic (exact) mass is 327 g/mol. The van der Waals surface area contributed by atoms with Crippen LogP contribution in [0.4, 0.5) is 5.69 Å². The Bertz CT molecular complexity index is 815. The van der Waals surface area contributed by atoms with E-state index in [4.69, 9.17) is 13.0 Å². The fraction of sp³-hybridized carbons (Fsp3) is 0.263. The molecule has 0 unspecified atom stereocenters. The van der Waals surface area contributed by atoms with Gasteiger partial charge in [0.2, 0.25) is 0 Å². The van der Waals surface area contributed by atoms with Gasteiger partial charge in [-0.05, 0) is 39.0 Å². The van der Waals surface area contributed by atoms with Crippen LogP contribution in [0.1, 0.15) is 33.3 Å². The normalized spacial score (nSPS) is 21.6. The number of hydrogen-bond acceptors (Lipinski definition) is 2. The second-order valence-electron chi connectivity index (χ2n) is 5.84. The Balaban J connectivity index is 2.34. The second kappa shape index (κ2) is 6.17. The fourth-order valence-corrected chi connectivity index (χ4v) is 2.97. The number of carbonyl (C=O) groups is 1. The van der Waals surface area contributed by atoms with Gasteiger partial charge in [-0.1, -0.05) is 41.9 Å². The maximum absolute atomic E-state index is 12.9. The van der Waals surface area contributed by atoms with Gasteiger partial charge in [-0.3, -0.25) is 9.79 Å². The van der Waals surface area contributed by atoms with Crippen molar-refractivity contribution in [3.8, 4) is 0 Å². The molecule has 1 aliphatic rings. The summed E-state index contributed by atoms with van der Waals surface area (Å²) in [4.78, 5) is 19.1. The Morgan fingerprint density at radius 2 is 1.91 bits per heavy atom. The van der Waals surface area contributed by atoms with E-state index < -0.39 is 6.02 Å². The van der Waals surface area contributed by atoms with Crippen LogP contribution < -0.4 is 4.90 Å². The molecule has 3 rings (SSSR count). The van der Waals surface area contributed by atoms with Crippen molar-refractivity contribution in [2.24, 2.45) is 4.99 Å². The molecule has 4 heteroatoms. The average molecular weight is 328 g/mol. The molecule has 0 aliphatic carbocycles. The summed E-state index contributed by atoms with van der Waals surface area (Å²) in [5, 5.41) is 0.571. The maximum atomic E-state index is 12.9. The third kappa shape index (κ3) is 2.89. The van der Waals surface area contributed by atoms with E-state index in [0.29, 0.717) is 10.7 Å². The second-order valence-corrected chi connectivity index (χ2v) is 6.28. The van der Waals surface area contributed by atoms with E-state index in [1.807, 2.05) is 56.3 Å². The molecule has 0 radical (unpaired) electrons. The molecule has 23 heavy (non-hydrogen) atoms. The van der Waals surface area contributed by atoms with Gasteiger partial charge in [-0.15, -0.1) is 0 Å². The first-order chi connectivity index (χ1) is 11.3. The van der Waals surface area contributed by atoms with E-state index in [2.05, 4.69) is 4.99 Å². The summed E-state index contributed by atoms with van der Waals surface area (Å²) in [6.07, 6.45) is 0. The van der Waals surface area contributed by atoms with E-state index in [0.717, 1.165) is 16.8 Å². The molecule has 2 aromatic rings. The quantitative estimate of drug-likeness (QED) is 0.808. The molecular formula is C19H19ClN2O. The van der Waals surface area contributed by atoms with Gasteiger partial charge in [0.15, 0.2) is 0 Å². The van der Waals surface area contributed by atoms with E-state index in [-0.39, 0.29) is 11.9 Å². The predicted molar refractivity (Wildman–Crippen MR) is 95.6 cm³/mol. The van der Waals surface area contributed by atoms with E-state index in [1.54, 1.807) is 11.0 Å². The first-order valence-electron chi connectivity index (χ1n) is 8.10. The lowest BCUT2D eigenvalue weighted by Gasteiger charge is -2.28. The van der Waals surface area contributed by atoms with E-state index >= 15 is 0 Å². The summed E-state index contributed by atoms with van der Waals surface area (Å²) in [6.45, 7) is 5.39. The third-order valence-electron chi connectivity index (χ3n) is 3.84. The minimum Gasteiger partial charge on any atom is -0.307 e. The standard InChI is InChI=1S/C19H19ClN2O/c1-12(2)22-17-10-9-15(20)11-16(17)18(21-13(3)19(22)23)14-7-5-4-6-8-14/h4-13H,1-3H3/t13-/m0/s1/i13D. The highest BCUT2D eigenvalue weighted by Crippen LogP contribution is 2.32. The first kappa shape index (κ1) is 14.5. The van der Waals surface area contributed by atoms with Crippen molar-refractivity contribution >= 4 is 28.9 Å². The van der Waals surface area contributed by atoms with E-state index in [1.165, 1.54) is 6.92 Å². The number of fused-ring (bicyclic) bond motifs is 1. The zero-order valence-corrected chi connectivity index (χ0v) is 14.1. The van der Waals surface area contributed by atoms with Gasteiger partial charge in [0, 0.05) is 22.2 Å². The molecule has 1 heterocycles. The summed E-state index contributed by atoms with van der Waals surface area (Å²) in [5.74, 6) is -0.341. The van der Waals surface area contributed by atoms with Crippen molar-refractivity contribution in [1.29, 1.82) is 0 Å². The number of nitrogens with zero attached hydrogens (tertiary/aromatic N) is 2. The van der Waals surface area contributed by atoms with Crippen molar-refractivity contribution in [3.05, 3.63) is 64.7 Å². The summed E-state index contributed by atoms with van der Waals surface area (Å²) in [7, 11) is 0. The van der Waals surface area contributed by atoms with Crippen LogP contribution >= 0.6 is 11.6 Å². The topological polar surface area (TPSA) is 32.7 Å². The number of carbonyl (C=O) groups excluding carboxylic acids is 1. The van der Waals surface area contributed by atoms with Crippen molar-refractivity contribution in [1.82, 2.24) is 0 Å². The van der Waals surface area contributed by atoms with Crippen molar-refractivity contribution in [2.45, 2.75) is 32.8 Å². The van der Waals surface area contributed by atoms with Gasteiger partial charge in [0.25, 0.3) is 5.91 Å². The van der Waals surface area contributed by atoms with Crippen molar-refractivity contribution in [2.75, 3.05) is 4.90 Å². The highest BCUT2D eigenvalue weighted by Gasteiger charge is 2.31. The van der Waals surface area contributed by atoms with Gasteiger partial charge in [0.05, 0.1) is 12.8 Å². The summed E-state index contributed by atoms with van der Waals surface area (Å²) >= 11 is 6.21. The van der Waals surface area contributed by atoms with Crippen LogP contribution in [-0.2, 0) is 4.79 Å². The van der Waals surface area contributed by atoms with Crippen LogP contribution in [0, 0.1) is 0 Å². The molecule has 0 spiro atoms. The molecule has 0 aromatic heterocycles. The molecule has 1 aliphatic heterocycles. The van der Waals surface area contributed by atoms with Gasteiger partial charge in [-0.25, -0.2) is 0 Å². The number of rotatable bonds is 2. The molecule has 1 atom stereocenters. The Hall–Kier alpha value is -2.13. The average Bonchev–Trinajstić information content (AvgIpc) is 2.62. The molecule has 0 saturated carbocycles. The number of aliphatic imine (C=N–C) groups is 1. The van der Waals surface area contributed by atoms with Crippen molar-refractivity contribution in [3.63, 3.8) is 0 Å². The molecule has 0 saturated heterocycles. The van der Waals surface area contributed by atoms with Crippen LogP contribution in [0.2, 0.25) is 5.02 Å². The Kier molecular flexibility index (Phi) is 3.88. The summed E-state index contributed by atoms with van der Waals surface area (Å²) in [5.41, 5.74) is 2.98. The minimum atomic E-state index is -1.60. The molecule has 1 amide bonds. The first-order valence-corrected chi connectivity index (χ1v) is 7.98. The lowest BCUT2D eigenvalue weighted by Crippen LogP contribution is -2.41. The maximum Gasteiger partial charge on any atom is 0.251 e. The molecule has 2 aromatic carbocycles. The zero-order valence-electron chi connectivity index (χ0n) is 14.4. The van der Waals surface area contributed by atoms with Crippen molar-refractivity contribution < 1.29 is 6.17 Å². The number of hydrogen-bond donors (Lipinski definition) is 0. The molecule has 118 valence electrons. The SMILES string of the molecule is [2H][C@@]1(C)N=C(c2ccccc2)c2cc(Cl)ccc2N(C(C)C)C1=O. The summed E-state index contributed by atoms with van der Waals surface area (Å²) < 4.78 is 8.49. The van der Waals surface area contributed by atoms with Crippen LogP contribution in [0.3, 0.4) is 0 Å². The number of anilines is 1. The van der Waals surface area contributed by atoms with Crippen LogP contribution in [-0.4, -0.2) is 23.7 Å². The molecular weight excluding hydrogens is 308 g/mol. The Morgan fingerprint density at radius 1 is 1.22 bits per heavy atom. The van der Waals surface area contributed by atoms with Gasteiger partial charge in [-0.2, -0.15) is 0 Å². The molecule has 3 nitrogen and oxygen atoms in total. The van der Waals surface area contributed by atoms with Gasteiger partial charge < -0.3 is 4.90 Å². The summed E-state index contributed by atoms with van der Waals surface area (Å²) in [6, 6.07) is 13.3. The van der Waals surface area contributed by atoms with Gasteiger partial charge >= 0.3 is 0 Å². The number of benzene rings is 2. The number of halogens is 1. The Labute approximate surface area is 143 Å². The van der Waals surface area contributed by atoms with Crippen LogP contribution in [0.15, 0.2) is 53.5 Å². The predicted octanol–water partition coefficient (Wildman–Crippen LogP) is 4.32. The largest absolute Gasteiger partial charge is 0.307 e. The zero-order chi connectivity index (χ0) is 17.5. The molecule has 0 N–H and O–H groups in total. The third-order valence-corrected chi connectivity index (χ3v) is 4.08.